The molecule has 0 spiro atoms. The Balaban J connectivity index is 1.59. The molecule has 122 valence electrons. The number of aromatic nitrogens is 2. The molecule has 0 unspecified atom stereocenters. The number of hydrogen-bond acceptors (Lipinski definition) is 3. The lowest BCUT2D eigenvalue weighted by atomic mass is 10.1. The summed E-state index contributed by atoms with van der Waals surface area (Å²) >= 11 is 3.38. The summed E-state index contributed by atoms with van der Waals surface area (Å²) in [6, 6.07) is 15.6. The topological polar surface area (TPSA) is 59.3 Å². The largest absolute Gasteiger partial charge is 0.330 e. The highest BCUT2D eigenvalue weighted by molar-refractivity contribution is 9.10. The predicted octanol–water partition coefficient (Wildman–Crippen LogP) is 3.59. The Labute approximate surface area is 148 Å². The quantitative estimate of drug-likeness (QED) is 0.539. The van der Waals surface area contributed by atoms with E-state index in [0.717, 1.165) is 21.1 Å². The van der Waals surface area contributed by atoms with E-state index in [1.165, 1.54) is 0 Å². The third-order valence-corrected chi connectivity index (χ3v) is 4.23. The minimum atomic E-state index is -0.218. The number of imidazole rings is 1. The van der Waals surface area contributed by atoms with Crippen molar-refractivity contribution in [2.24, 2.45) is 11.0 Å². The molecule has 1 N–H and O–H groups in total. The van der Waals surface area contributed by atoms with Crippen LogP contribution in [-0.2, 0) is 11.3 Å². The smallest absolute Gasteiger partial charge is 0.244 e. The Morgan fingerprint density at radius 2 is 2.04 bits per heavy atom. The van der Waals surface area contributed by atoms with Gasteiger partial charge in [-0.1, -0.05) is 47.1 Å². The molecule has 0 bridgehead atoms. The summed E-state index contributed by atoms with van der Waals surface area (Å²) < 4.78 is 2.99. The first kappa shape index (κ1) is 16.4. The number of rotatable bonds is 5. The number of carbonyl (C=O) groups is 1. The molecule has 0 aliphatic heterocycles. The number of hydrogen-bond donors (Lipinski definition) is 1. The van der Waals surface area contributed by atoms with E-state index in [4.69, 9.17) is 0 Å². The fourth-order valence-corrected chi connectivity index (χ4v) is 2.63. The lowest BCUT2D eigenvalue weighted by Crippen LogP contribution is -2.27. The van der Waals surface area contributed by atoms with E-state index in [-0.39, 0.29) is 11.8 Å². The zero-order valence-corrected chi connectivity index (χ0v) is 14.8. The number of hydrazone groups is 1. The van der Waals surface area contributed by atoms with E-state index in [0.29, 0.717) is 6.54 Å². The summed E-state index contributed by atoms with van der Waals surface area (Å²) in [6.45, 7) is 2.43. The van der Waals surface area contributed by atoms with Crippen molar-refractivity contribution < 1.29 is 4.79 Å². The zero-order valence-electron chi connectivity index (χ0n) is 13.2. The number of benzene rings is 2. The molecule has 5 nitrogen and oxygen atoms in total. The van der Waals surface area contributed by atoms with Gasteiger partial charge in [0, 0.05) is 11.0 Å². The molecule has 0 saturated heterocycles. The number of halogens is 1. The second-order valence-electron chi connectivity index (χ2n) is 5.57. The molecular formula is C18H17BrN4O. The van der Waals surface area contributed by atoms with Crippen LogP contribution in [0.15, 0.2) is 64.4 Å². The molecule has 0 fully saturated rings. The van der Waals surface area contributed by atoms with Gasteiger partial charge in [-0.15, -0.1) is 0 Å². The van der Waals surface area contributed by atoms with Gasteiger partial charge in [-0.25, -0.2) is 10.4 Å². The Morgan fingerprint density at radius 3 is 2.83 bits per heavy atom. The second kappa shape index (κ2) is 7.40. The molecule has 1 amide bonds. The van der Waals surface area contributed by atoms with Gasteiger partial charge in [-0.3, -0.25) is 4.79 Å². The van der Waals surface area contributed by atoms with Crippen molar-refractivity contribution in [3.63, 3.8) is 0 Å². The van der Waals surface area contributed by atoms with Crippen molar-refractivity contribution in [2.75, 3.05) is 0 Å². The number of nitrogens with one attached hydrogen (secondary N) is 1. The number of carbonyl (C=O) groups excluding carboxylic acids is 1. The van der Waals surface area contributed by atoms with Crippen LogP contribution >= 0.6 is 15.9 Å². The third-order valence-electron chi connectivity index (χ3n) is 3.70. The van der Waals surface area contributed by atoms with Crippen LogP contribution in [0.25, 0.3) is 11.0 Å². The Hall–Kier alpha value is -2.47. The molecule has 0 aliphatic rings. The van der Waals surface area contributed by atoms with Gasteiger partial charge >= 0.3 is 0 Å². The lowest BCUT2D eigenvalue weighted by Gasteiger charge is -2.11. The zero-order chi connectivity index (χ0) is 16.9. The average molecular weight is 385 g/mol. The molecule has 6 heteroatoms. The standard InChI is InChI=1S/C18H17BrN4O/c1-13(11-23-12-20-16-4-2-3-5-17(16)23)18(24)22-21-10-14-6-8-15(19)9-7-14/h2-10,12-13H,11H2,1H3,(H,22,24)/b21-10-/t13-/m0/s1. The summed E-state index contributed by atoms with van der Waals surface area (Å²) in [5, 5.41) is 4.02. The fraction of sp³-hybridized carbons (Fsp3) is 0.167. The normalized spacial score (nSPS) is 12.6. The van der Waals surface area contributed by atoms with Crippen LogP contribution in [-0.4, -0.2) is 21.7 Å². The Bertz CT molecular complexity index is 870. The van der Waals surface area contributed by atoms with Gasteiger partial charge in [0.2, 0.25) is 5.91 Å². The Kier molecular flexibility index (Phi) is 5.05. The predicted molar refractivity (Wildman–Crippen MR) is 98.8 cm³/mol. The van der Waals surface area contributed by atoms with E-state index >= 15 is 0 Å². The summed E-state index contributed by atoms with van der Waals surface area (Å²) in [7, 11) is 0. The lowest BCUT2D eigenvalue weighted by molar-refractivity contribution is -0.124. The summed E-state index contributed by atoms with van der Waals surface area (Å²) in [4.78, 5) is 16.5. The first-order chi connectivity index (χ1) is 11.6. The van der Waals surface area contributed by atoms with Crippen LogP contribution in [0.5, 0.6) is 0 Å². The number of amides is 1. The van der Waals surface area contributed by atoms with E-state index in [9.17, 15) is 4.79 Å². The molecule has 1 heterocycles. The molecule has 0 radical (unpaired) electrons. The van der Waals surface area contributed by atoms with Crippen LogP contribution in [0, 0.1) is 5.92 Å². The van der Waals surface area contributed by atoms with Crippen molar-refractivity contribution in [2.45, 2.75) is 13.5 Å². The third kappa shape index (κ3) is 3.89. The molecule has 24 heavy (non-hydrogen) atoms. The highest BCUT2D eigenvalue weighted by atomic mass is 79.9. The minimum Gasteiger partial charge on any atom is -0.330 e. The number of nitrogens with zero attached hydrogens (tertiary/aromatic N) is 3. The van der Waals surface area contributed by atoms with Crippen LogP contribution in [0.3, 0.4) is 0 Å². The van der Waals surface area contributed by atoms with Gasteiger partial charge in [-0.05, 0) is 29.8 Å². The SMILES string of the molecule is C[C@@H](Cn1cnc2ccccc21)C(=O)N/N=C\c1ccc(Br)cc1. The first-order valence-corrected chi connectivity index (χ1v) is 8.41. The molecule has 1 atom stereocenters. The van der Waals surface area contributed by atoms with E-state index in [1.54, 1.807) is 12.5 Å². The van der Waals surface area contributed by atoms with Crippen LogP contribution in [0.2, 0.25) is 0 Å². The molecule has 0 aliphatic carbocycles. The van der Waals surface area contributed by atoms with Crippen molar-refractivity contribution >= 4 is 39.1 Å². The average Bonchev–Trinajstić information content (AvgIpc) is 3.00. The summed E-state index contributed by atoms with van der Waals surface area (Å²) in [5.41, 5.74) is 5.47. The van der Waals surface area contributed by atoms with E-state index in [2.05, 4.69) is 31.4 Å². The van der Waals surface area contributed by atoms with Crippen molar-refractivity contribution in [3.8, 4) is 0 Å². The maximum absolute atomic E-state index is 12.2. The van der Waals surface area contributed by atoms with Crippen molar-refractivity contribution in [1.82, 2.24) is 15.0 Å². The molecule has 3 rings (SSSR count). The van der Waals surface area contributed by atoms with Crippen LogP contribution in [0.4, 0.5) is 0 Å². The molecular weight excluding hydrogens is 368 g/mol. The highest BCUT2D eigenvalue weighted by Crippen LogP contribution is 2.14. The number of para-hydroxylation sites is 2. The fourth-order valence-electron chi connectivity index (χ4n) is 2.36. The molecule has 3 aromatic rings. The Morgan fingerprint density at radius 1 is 1.29 bits per heavy atom. The summed E-state index contributed by atoms with van der Waals surface area (Å²) in [5.74, 6) is -0.342. The molecule has 1 aromatic heterocycles. The van der Waals surface area contributed by atoms with Crippen LogP contribution in [0.1, 0.15) is 12.5 Å². The maximum Gasteiger partial charge on any atom is 0.244 e. The van der Waals surface area contributed by atoms with Gasteiger partial charge < -0.3 is 4.57 Å². The highest BCUT2D eigenvalue weighted by Gasteiger charge is 2.14. The van der Waals surface area contributed by atoms with Gasteiger partial charge in [0.25, 0.3) is 0 Å². The van der Waals surface area contributed by atoms with Crippen molar-refractivity contribution in [3.05, 3.63) is 64.9 Å². The van der Waals surface area contributed by atoms with Crippen LogP contribution < -0.4 is 5.43 Å². The second-order valence-corrected chi connectivity index (χ2v) is 6.49. The first-order valence-electron chi connectivity index (χ1n) is 7.62. The van der Waals surface area contributed by atoms with Gasteiger partial charge in [0.05, 0.1) is 29.5 Å². The maximum atomic E-state index is 12.2. The monoisotopic (exact) mass is 384 g/mol. The summed E-state index contributed by atoms with van der Waals surface area (Å²) in [6.07, 6.45) is 3.39. The van der Waals surface area contributed by atoms with Gasteiger partial charge in [0.15, 0.2) is 0 Å². The van der Waals surface area contributed by atoms with E-state index in [1.807, 2.05) is 60.0 Å². The minimum absolute atomic E-state index is 0.124. The van der Waals surface area contributed by atoms with Gasteiger partial charge in [-0.2, -0.15) is 5.10 Å². The molecule has 2 aromatic carbocycles. The number of fused-ring (bicyclic) bond motifs is 1. The van der Waals surface area contributed by atoms with E-state index < -0.39 is 0 Å². The van der Waals surface area contributed by atoms with Gasteiger partial charge in [0.1, 0.15) is 0 Å². The molecule has 0 saturated carbocycles. The van der Waals surface area contributed by atoms with Crippen molar-refractivity contribution in [1.29, 1.82) is 0 Å².